The van der Waals surface area contributed by atoms with Gasteiger partial charge in [-0.15, -0.1) is 0 Å². The van der Waals surface area contributed by atoms with E-state index in [0.717, 1.165) is 0 Å². The highest BCUT2D eigenvalue weighted by atomic mass is 32.2. The van der Waals surface area contributed by atoms with Crippen molar-refractivity contribution < 1.29 is 17.8 Å². The van der Waals surface area contributed by atoms with Gasteiger partial charge in [-0.1, -0.05) is 13.8 Å². The number of amides is 1. The third kappa shape index (κ3) is 7.53. The molecule has 16 heavy (non-hydrogen) atoms. The van der Waals surface area contributed by atoms with Gasteiger partial charge in [-0.2, -0.15) is 8.42 Å². The smallest absolute Gasteiger partial charge is 0.267 e. The molecule has 0 bridgehead atoms. The highest BCUT2D eigenvalue weighted by molar-refractivity contribution is 7.85. The van der Waals surface area contributed by atoms with Crippen molar-refractivity contribution in [3.05, 3.63) is 7.43 Å². The summed E-state index contributed by atoms with van der Waals surface area (Å²) in [6, 6.07) is 0. The maximum Gasteiger partial charge on any atom is 0.267 e. The van der Waals surface area contributed by atoms with Gasteiger partial charge in [-0.3, -0.25) is 9.35 Å². The molecule has 0 aromatic heterocycles. The van der Waals surface area contributed by atoms with Crippen LogP contribution in [0, 0.1) is 13.3 Å². The minimum atomic E-state index is -4.07. The van der Waals surface area contributed by atoms with Crippen LogP contribution >= 0.6 is 0 Å². The summed E-state index contributed by atoms with van der Waals surface area (Å²) in [5, 5.41) is 2.59. The molecule has 0 spiro atoms. The van der Waals surface area contributed by atoms with E-state index in [0.29, 0.717) is 6.42 Å². The van der Waals surface area contributed by atoms with Gasteiger partial charge >= 0.3 is 0 Å². The third-order valence-electron chi connectivity index (χ3n) is 2.06. The molecule has 0 saturated heterocycles. The Morgan fingerprint density at radius 2 is 1.88 bits per heavy atom. The summed E-state index contributed by atoms with van der Waals surface area (Å²) >= 11 is 0. The zero-order valence-corrected chi connectivity index (χ0v) is 11.4. The van der Waals surface area contributed by atoms with Crippen LogP contribution in [0.25, 0.3) is 0 Å². The zero-order valence-electron chi connectivity index (χ0n) is 10.6. The molecule has 96 valence electrons. The molecular formula is C10H22NO4S+. The van der Waals surface area contributed by atoms with E-state index in [1.54, 1.807) is 20.8 Å². The van der Waals surface area contributed by atoms with Gasteiger partial charge in [0.1, 0.15) is 0 Å². The molecule has 0 aromatic rings. The van der Waals surface area contributed by atoms with E-state index < -0.39 is 21.4 Å². The van der Waals surface area contributed by atoms with Crippen molar-refractivity contribution in [2.45, 2.75) is 39.7 Å². The molecule has 5 nitrogen and oxygen atoms in total. The van der Waals surface area contributed by atoms with Gasteiger partial charge in [0.05, 0.1) is 11.3 Å². The van der Waals surface area contributed by atoms with E-state index in [2.05, 4.69) is 5.32 Å². The summed E-state index contributed by atoms with van der Waals surface area (Å²) in [7, 11) is -4.07. The molecule has 0 radical (unpaired) electrons. The fourth-order valence-corrected chi connectivity index (χ4v) is 2.12. The largest absolute Gasteiger partial charge is 0.350 e. The quantitative estimate of drug-likeness (QED) is 0.570. The van der Waals surface area contributed by atoms with E-state index >= 15 is 0 Å². The van der Waals surface area contributed by atoms with Gasteiger partial charge in [0, 0.05) is 13.3 Å². The van der Waals surface area contributed by atoms with Crippen molar-refractivity contribution in [3.63, 3.8) is 0 Å². The van der Waals surface area contributed by atoms with Crippen LogP contribution in [0.3, 0.4) is 0 Å². The molecule has 0 heterocycles. The fraction of sp³-hybridized carbons (Fsp3) is 0.800. The number of carbonyl (C=O) groups is 1. The minimum absolute atomic E-state index is 0. The standard InChI is InChI=1S/C9H19NO4S.CH3/c1-5-7(2)8(11)10-9(3,4)6-15(12,13)14;/h7H,5-6H2,1-4H3,(H,10,11)(H,12,13,14);1H3/q;+1. The molecule has 6 heteroatoms. The first kappa shape index (κ1) is 17.6. The minimum Gasteiger partial charge on any atom is -0.350 e. The van der Waals surface area contributed by atoms with Crippen LogP contribution in [0.2, 0.25) is 0 Å². The second-order valence-corrected chi connectivity index (χ2v) is 5.86. The lowest BCUT2D eigenvalue weighted by atomic mass is 10.0. The second-order valence-electron chi connectivity index (χ2n) is 4.41. The first-order valence-electron chi connectivity index (χ1n) is 4.84. The van der Waals surface area contributed by atoms with Crippen molar-refractivity contribution in [3.8, 4) is 0 Å². The number of rotatable bonds is 5. The summed E-state index contributed by atoms with van der Waals surface area (Å²) in [5.74, 6) is -0.848. The summed E-state index contributed by atoms with van der Waals surface area (Å²) < 4.78 is 30.0. The average Bonchev–Trinajstić information content (AvgIpc) is 1.96. The fourth-order valence-electron chi connectivity index (χ4n) is 1.13. The predicted molar refractivity (Wildman–Crippen MR) is 64.5 cm³/mol. The van der Waals surface area contributed by atoms with Crippen LogP contribution in [0.1, 0.15) is 34.1 Å². The first-order valence-corrected chi connectivity index (χ1v) is 6.45. The zero-order chi connectivity index (χ0) is 12.3. The monoisotopic (exact) mass is 252 g/mol. The number of carbonyl (C=O) groups excluding carboxylic acids is 1. The Balaban J connectivity index is 0. The van der Waals surface area contributed by atoms with Crippen LogP contribution in [0.5, 0.6) is 0 Å². The molecule has 2 N–H and O–H groups in total. The van der Waals surface area contributed by atoms with Crippen molar-refractivity contribution in [1.82, 2.24) is 5.32 Å². The normalized spacial score (nSPS) is 13.8. The average molecular weight is 252 g/mol. The van der Waals surface area contributed by atoms with E-state index in [4.69, 9.17) is 4.55 Å². The third-order valence-corrected chi connectivity index (χ3v) is 3.15. The summed E-state index contributed by atoms with van der Waals surface area (Å²) in [6.07, 6.45) is 0.688. The van der Waals surface area contributed by atoms with Gasteiger partial charge in [0.2, 0.25) is 5.91 Å². The van der Waals surface area contributed by atoms with Crippen LogP contribution in [-0.2, 0) is 14.9 Å². The molecule has 0 rings (SSSR count). The predicted octanol–water partition coefficient (Wildman–Crippen LogP) is 1.27. The molecule has 1 amide bonds. The van der Waals surface area contributed by atoms with E-state index in [1.165, 1.54) is 0 Å². The Morgan fingerprint density at radius 1 is 1.44 bits per heavy atom. The molecule has 1 atom stereocenters. The Kier molecular flexibility index (Phi) is 6.73. The van der Waals surface area contributed by atoms with Crippen molar-refractivity contribution in [2.75, 3.05) is 5.75 Å². The van der Waals surface area contributed by atoms with Gasteiger partial charge < -0.3 is 5.32 Å². The Bertz CT molecular complexity index is 322. The first-order chi connectivity index (χ1) is 6.57. The lowest BCUT2D eigenvalue weighted by molar-refractivity contribution is -0.125. The molecule has 0 aromatic carbocycles. The summed E-state index contributed by atoms with van der Waals surface area (Å²) in [5.41, 5.74) is -0.950. The van der Waals surface area contributed by atoms with Crippen LogP contribution in [0.15, 0.2) is 0 Å². The molecular weight excluding hydrogens is 230 g/mol. The molecule has 0 aliphatic heterocycles. The number of nitrogens with one attached hydrogen (secondary N) is 1. The highest BCUT2D eigenvalue weighted by Crippen LogP contribution is 2.09. The lowest BCUT2D eigenvalue weighted by Crippen LogP contribution is -2.49. The van der Waals surface area contributed by atoms with Crippen molar-refractivity contribution in [2.24, 2.45) is 5.92 Å². The Hall–Kier alpha value is -0.750. The number of hydrogen-bond donors (Lipinski definition) is 2. The van der Waals surface area contributed by atoms with Crippen LogP contribution < -0.4 is 5.32 Å². The molecule has 0 fully saturated rings. The number of hydrogen-bond acceptors (Lipinski definition) is 3. The lowest BCUT2D eigenvalue weighted by Gasteiger charge is -2.26. The van der Waals surface area contributed by atoms with Gasteiger partial charge in [0.15, 0.2) is 0 Å². The Morgan fingerprint density at radius 3 is 2.19 bits per heavy atom. The summed E-state index contributed by atoms with van der Waals surface area (Å²) in [6.45, 7) is 6.75. The molecule has 0 saturated carbocycles. The highest BCUT2D eigenvalue weighted by Gasteiger charge is 2.27. The Labute approximate surface area is 98.4 Å². The van der Waals surface area contributed by atoms with Gasteiger partial charge in [-0.25, -0.2) is 0 Å². The SMILES string of the molecule is CCC(C)C(=O)NC(C)(C)CS(=O)(=O)O.[CH3+]. The topological polar surface area (TPSA) is 83.5 Å². The molecule has 0 aliphatic carbocycles. The van der Waals surface area contributed by atoms with Crippen molar-refractivity contribution in [1.29, 1.82) is 0 Å². The summed E-state index contributed by atoms with van der Waals surface area (Å²) in [4.78, 5) is 11.5. The second kappa shape index (κ2) is 6.10. The van der Waals surface area contributed by atoms with Gasteiger partial charge in [0.25, 0.3) is 10.1 Å². The molecule has 1 unspecified atom stereocenters. The van der Waals surface area contributed by atoms with E-state index in [9.17, 15) is 13.2 Å². The van der Waals surface area contributed by atoms with Crippen LogP contribution in [-0.4, -0.2) is 30.2 Å². The maximum absolute atomic E-state index is 11.5. The van der Waals surface area contributed by atoms with E-state index in [1.807, 2.05) is 6.92 Å². The van der Waals surface area contributed by atoms with E-state index in [-0.39, 0.29) is 19.3 Å². The van der Waals surface area contributed by atoms with Gasteiger partial charge in [-0.05, 0) is 20.3 Å². The molecule has 0 aliphatic rings. The van der Waals surface area contributed by atoms with Crippen molar-refractivity contribution >= 4 is 16.0 Å². The maximum atomic E-state index is 11.5. The van der Waals surface area contributed by atoms with Crippen LogP contribution in [0.4, 0.5) is 0 Å².